The van der Waals surface area contributed by atoms with Gasteiger partial charge in [0.25, 0.3) is 5.91 Å². The van der Waals surface area contributed by atoms with Crippen LogP contribution in [0.25, 0.3) is 0 Å². The van der Waals surface area contributed by atoms with Crippen molar-refractivity contribution in [3.8, 4) is 17.2 Å². The monoisotopic (exact) mass is 279 g/mol. The molecule has 0 spiro atoms. The highest BCUT2D eigenvalue weighted by molar-refractivity contribution is 5.95. The molecule has 0 aromatic heterocycles. The molecule has 1 fully saturated rings. The molecular weight excluding hydrogens is 262 g/mol. The van der Waals surface area contributed by atoms with Crippen LogP contribution in [0.1, 0.15) is 10.4 Å². The Kier molecular flexibility index (Phi) is 3.64. The number of carbonyl (C=O) groups excluding carboxylic acids is 1. The largest absolute Gasteiger partial charge is 0.493 e. The first-order chi connectivity index (χ1) is 9.79. The Morgan fingerprint density at radius 3 is 2.65 bits per heavy atom. The Bertz CT molecular complexity index is 493. The summed E-state index contributed by atoms with van der Waals surface area (Å²) in [4.78, 5) is 14.2. The lowest BCUT2D eigenvalue weighted by molar-refractivity contribution is 0.0302. The topological polar surface area (TPSA) is 57.2 Å². The van der Waals surface area contributed by atoms with Crippen molar-refractivity contribution < 1.29 is 23.7 Å². The summed E-state index contributed by atoms with van der Waals surface area (Å²) < 4.78 is 21.6. The third-order valence-corrected chi connectivity index (χ3v) is 3.37. The molecule has 2 aliphatic rings. The van der Waals surface area contributed by atoms with Gasteiger partial charge in [-0.25, -0.2) is 0 Å². The van der Waals surface area contributed by atoms with E-state index in [1.807, 2.05) is 0 Å². The van der Waals surface area contributed by atoms with Crippen molar-refractivity contribution in [2.24, 2.45) is 0 Å². The highest BCUT2D eigenvalue weighted by Crippen LogP contribution is 2.40. The summed E-state index contributed by atoms with van der Waals surface area (Å²) in [6.45, 7) is 3.33. The Morgan fingerprint density at radius 2 is 1.90 bits per heavy atom. The normalized spacial score (nSPS) is 17.8. The van der Waals surface area contributed by atoms with Crippen LogP contribution in [0.4, 0.5) is 0 Å². The van der Waals surface area contributed by atoms with E-state index in [2.05, 4.69) is 0 Å². The zero-order chi connectivity index (χ0) is 13.9. The number of nitrogens with zero attached hydrogens (tertiary/aromatic N) is 1. The van der Waals surface area contributed by atoms with Crippen LogP contribution in [0.5, 0.6) is 17.2 Å². The number of morpholine rings is 1. The third-order valence-electron chi connectivity index (χ3n) is 3.37. The summed E-state index contributed by atoms with van der Waals surface area (Å²) in [5.41, 5.74) is 0.549. The Balaban J connectivity index is 1.90. The molecular formula is C14H17NO5. The molecule has 0 unspecified atom stereocenters. The second-order valence-electron chi connectivity index (χ2n) is 4.61. The minimum Gasteiger partial charge on any atom is -0.493 e. The molecule has 108 valence electrons. The molecule has 1 saturated heterocycles. The number of hydrogen-bond acceptors (Lipinski definition) is 5. The van der Waals surface area contributed by atoms with Gasteiger partial charge >= 0.3 is 0 Å². The van der Waals surface area contributed by atoms with Crippen LogP contribution in [0.15, 0.2) is 12.1 Å². The highest BCUT2D eigenvalue weighted by atomic mass is 16.6. The van der Waals surface area contributed by atoms with Gasteiger partial charge in [-0.15, -0.1) is 0 Å². The lowest BCUT2D eigenvalue weighted by atomic mass is 10.1. The van der Waals surface area contributed by atoms with Gasteiger partial charge in [0.05, 0.1) is 20.3 Å². The lowest BCUT2D eigenvalue weighted by Gasteiger charge is -2.28. The molecule has 0 aliphatic carbocycles. The first kappa shape index (κ1) is 13.1. The number of benzene rings is 1. The number of hydrogen-bond donors (Lipinski definition) is 0. The minimum atomic E-state index is -0.0384. The quantitative estimate of drug-likeness (QED) is 0.806. The van der Waals surface area contributed by atoms with Gasteiger partial charge in [0.1, 0.15) is 13.2 Å². The molecule has 3 rings (SSSR count). The van der Waals surface area contributed by atoms with Crippen molar-refractivity contribution in [1.82, 2.24) is 4.90 Å². The summed E-state index contributed by atoms with van der Waals surface area (Å²) in [6.07, 6.45) is 0. The number of carbonyl (C=O) groups is 1. The van der Waals surface area contributed by atoms with Gasteiger partial charge in [-0.1, -0.05) is 0 Å². The zero-order valence-electron chi connectivity index (χ0n) is 11.4. The van der Waals surface area contributed by atoms with Gasteiger partial charge in [-0.2, -0.15) is 0 Å². The van der Waals surface area contributed by atoms with E-state index in [-0.39, 0.29) is 5.91 Å². The summed E-state index contributed by atoms with van der Waals surface area (Å²) in [5, 5.41) is 0. The standard InChI is InChI=1S/C14H17NO5/c1-17-11-8-10(9-12-13(11)20-7-6-19-12)14(16)15-2-4-18-5-3-15/h8-9H,2-7H2,1H3. The fourth-order valence-electron chi connectivity index (χ4n) is 2.35. The molecule has 6 heteroatoms. The SMILES string of the molecule is COc1cc(C(=O)N2CCOCC2)cc2c1OCCO2. The van der Waals surface area contributed by atoms with Gasteiger partial charge in [0.15, 0.2) is 11.5 Å². The molecule has 1 aromatic rings. The fraction of sp³-hybridized carbons (Fsp3) is 0.500. The molecule has 0 saturated carbocycles. The Morgan fingerprint density at radius 1 is 1.15 bits per heavy atom. The van der Waals surface area contributed by atoms with Gasteiger partial charge in [0, 0.05) is 18.7 Å². The van der Waals surface area contributed by atoms with Gasteiger partial charge in [0.2, 0.25) is 5.75 Å². The number of amides is 1. The number of fused-ring (bicyclic) bond motifs is 1. The molecule has 2 heterocycles. The van der Waals surface area contributed by atoms with Crippen LogP contribution in [0, 0.1) is 0 Å². The molecule has 1 aromatic carbocycles. The molecule has 1 amide bonds. The van der Waals surface area contributed by atoms with E-state index in [9.17, 15) is 4.79 Å². The molecule has 2 aliphatic heterocycles. The molecule has 6 nitrogen and oxygen atoms in total. The predicted octanol–water partition coefficient (Wildman–Crippen LogP) is 0.939. The van der Waals surface area contributed by atoms with Crippen molar-refractivity contribution in [1.29, 1.82) is 0 Å². The van der Waals surface area contributed by atoms with E-state index in [4.69, 9.17) is 18.9 Å². The van der Waals surface area contributed by atoms with Gasteiger partial charge in [-0.05, 0) is 12.1 Å². The minimum absolute atomic E-state index is 0.0384. The van der Waals surface area contributed by atoms with E-state index < -0.39 is 0 Å². The van der Waals surface area contributed by atoms with Crippen molar-refractivity contribution in [3.63, 3.8) is 0 Å². The summed E-state index contributed by atoms with van der Waals surface area (Å²) in [7, 11) is 1.55. The van der Waals surface area contributed by atoms with E-state index in [1.165, 1.54) is 0 Å². The van der Waals surface area contributed by atoms with E-state index >= 15 is 0 Å². The molecule has 0 atom stereocenters. The van der Waals surface area contributed by atoms with Crippen molar-refractivity contribution in [3.05, 3.63) is 17.7 Å². The second kappa shape index (κ2) is 5.58. The number of methoxy groups -OCH3 is 1. The third kappa shape index (κ3) is 2.38. The van der Waals surface area contributed by atoms with Crippen LogP contribution in [-0.4, -0.2) is 57.4 Å². The maximum absolute atomic E-state index is 12.5. The first-order valence-electron chi connectivity index (χ1n) is 6.64. The average Bonchev–Trinajstić information content (AvgIpc) is 2.54. The van der Waals surface area contributed by atoms with Crippen molar-refractivity contribution >= 4 is 5.91 Å². The highest BCUT2D eigenvalue weighted by Gasteiger charge is 2.24. The first-order valence-corrected chi connectivity index (χ1v) is 6.64. The average molecular weight is 279 g/mol. The molecule has 0 N–H and O–H groups in total. The van der Waals surface area contributed by atoms with Crippen LogP contribution in [-0.2, 0) is 4.74 Å². The lowest BCUT2D eigenvalue weighted by Crippen LogP contribution is -2.40. The summed E-state index contributed by atoms with van der Waals surface area (Å²) in [6, 6.07) is 3.42. The fourth-order valence-corrected chi connectivity index (χ4v) is 2.35. The van der Waals surface area contributed by atoms with Crippen LogP contribution in [0.2, 0.25) is 0 Å². The molecule has 0 radical (unpaired) electrons. The van der Waals surface area contributed by atoms with Gasteiger partial charge in [-0.3, -0.25) is 4.79 Å². The van der Waals surface area contributed by atoms with E-state index in [0.717, 1.165) is 0 Å². The summed E-state index contributed by atoms with van der Waals surface area (Å²) >= 11 is 0. The predicted molar refractivity (Wildman–Crippen MR) is 70.7 cm³/mol. The van der Waals surface area contributed by atoms with Gasteiger partial charge < -0.3 is 23.8 Å². The smallest absolute Gasteiger partial charge is 0.254 e. The van der Waals surface area contributed by atoms with Crippen LogP contribution in [0.3, 0.4) is 0 Å². The molecule has 0 bridgehead atoms. The maximum atomic E-state index is 12.5. The number of ether oxygens (including phenoxy) is 4. The molecule has 20 heavy (non-hydrogen) atoms. The van der Waals surface area contributed by atoms with Crippen molar-refractivity contribution in [2.75, 3.05) is 46.6 Å². The second-order valence-corrected chi connectivity index (χ2v) is 4.61. The van der Waals surface area contributed by atoms with Crippen LogP contribution < -0.4 is 14.2 Å². The zero-order valence-corrected chi connectivity index (χ0v) is 11.4. The van der Waals surface area contributed by atoms with Crippen molar-refractivity contribution in [2.45, 2.75) is 0 Å². The van der Waals surface area contributed by atoms with E-state index in [0.29, 0.717) is 62.3 Å². The Hall–Kier alpha value is -1.95. The Labute approximate surface area is 117 Å². The van der Waals surface area contributed by atoms with E-state index in [1.54, 1.807) is 24.1 Å². The summed E-state index contributed by atoms with van der Waals surface area (Å²) in [5.74, 6) is 1.62. The van der Waals surface area contributed by atoms with Crippen LogP contribution >= 0.6 is 0 Å². The number of rotatable bonds is 2. The maximum Gasteiger partial charge on any atom is 0.254 e.